The number of thioether (sulfide) groups is 1. The van der Waals surface area contributed by atoms with E-state index in [4.69, 9.17) is 27.9 Å². The van der Waals surface area contributed by atoms with Crippen molar-refractivity contribution in [3.05, 3.63) is 68.4 Å². The summed E-state index contributed by atoms with van der Waals surface area (Å²) >= 11 is 13.5. The molecule has 0 saturated carbocycles. The summed E-state index contributed by atoms with van der Waals surface area (Å²) < 4.78 is 6.66. The van der Waals surface area contributed by atoms with Crippen LogP contribution in [0.4, 0.5) is 0 Å². The van der Waals surface area contributed by atoms with E-state index in [2.05, 4.69) is 4.98 Å². The third-order valence-corrected chi connectivity index (χ3v) is 6.40. The average molecular weight is 435 g/mol. The van der Waals surface area contributed by atoms with Gasteiger partial charge in [0.2, 0.25) is 0 Å². The molecule has 1 aliphatic rings. The summed E-state index contributed by atoms with van der Waals surface area (Å²) in [6.45, 7) is 0.789. The molecule has 1 fully saturated rings. The number of hydrogen-bond acceptors (Lipinski definition) is 5. The average Bonchev–Trinajstić information content (AvgIpc) is 3.07. The van der Waals surface area contributed by atoms with Gasteiger partial charge in [0.15, 0.2) is 5.16 Å². The summed E-state index contributed by atoms with van der Waals surface area (Å²) in [5, 5.41) is 1.83. The van der Waals surface area contributed by atoms with E-state index in [1.54, 1.807) is 28.8 Å². The summed E-state index contributed by atoms with van der Waals surface area (Å²) in [4.78, 5) is 29.7. The Bertz CT molecular complexity index is 1120. The molecule has 2 heterocycles. The summed E-state index contributed by atoms with van der Waals surface area (Å²) in [7, 11) is 0. The number of fused-ring (bicyclic) bond motifs is 1. The van der Waals surface area contributed by atoms with Crippen LogP contribution >= 0.6 is 35.0 Å². The molecule has 1 saturated heterocycles. The molecule has 0 bridgehead atoms. The number of carbonyl (C=O) groups excluding carboxylic acids is 1. The van der Waals surface area contributed by atoms with Crippen LogP contribution < -0.4 is 5.56 Å². The fourth-order valence-corrected chi connectivity index (χ4v) is 4.69. The van der Waals surface area contributed by atoms with E-state index in [9.17, 15) is 9.59 Å². The van der Waals surface area contributed by atoms with E-state index in [1.807, 2.05) is 18.2 Å². The number of cyclic esters (lactones) is 1. The molecule has 0 radical (unpaired) electrons. The van der Waals surface area contributed by atoms with Crippen LogP contribution in [0.5, 0.6) is 0 Å². The molecule has 0 unspecified atom stereocenters. The van der Waals surface area contributed by atoms with Crippen LogP contribution in [0.2, 0.25) is 10.0 Å². The van der Waals surface area contributed by atoms with Gasteiger partial charge < -0.3 is 4.74 Å². The van der Waals surface area contributed by atoms with E-state index < -0.39 is 0 Å². The minimum absolute atomic E-state index is 0.135. The zero-order valence-corrected chi connectivity index (χ0v) is 17.1. The molecule has 1 atom stereocenters. The van der Waals surface area contributed by atoms with Crippen molar-refractivity contribution in [1.29, 1.82) is 0 Å². The lowest BCUT2D eigenvalue weighted by molar-refractivity contribution is -0.137. The molecule has 1 aromatic heterocycles. The number of nitrogens with zero attached hydrogens (tertiary/aromatic N) is 2. The number of ether oxygens (including phenoxy) is 1. The largest absolute Gasteiger partial charge is 0.465 e. The second kappa shape index (κ2) is 8.15. The molecular weight excluding hydrogens is 419 g/mol. The lowest BCUT2D eigenvalue weighted by Gasteiger charge is -2.15. The highest BCUT2D eigenvalue weighted by molar-refractivity contribution is 8.00. The molecular formula is C20H16Cl2N2O3S. The van der Waals surface area contributed by atoms with E-state index >= 15 is 0 Å². The lowest BCUT2D eigenvalue weighted by Crippen LogP contribution is -2.25. The van der Waals surface area contributed by atoms with Gasteiger partial charge in [-0.15, -0.1) is 0 Å². The van der Waals surface area contributed by atoms with E-state index in [0.717, 1.165) is 5.56 Å². The first-order chi connectivity index (χ1) is 13.5. The number of esters is 1. The minimum Gasteiger partial charge on any atom is -0.465 e. The summed E-state index contributed by atoms with van der Waals surface area (Å²) in [5.74, 6) is -0.264. The Morgan fingerprint density at radius 2 is 2.00 bits per heavy atom. The molecule has 0 N–H and O–H groups in total. The first-order valence-corrected chi connectivity index (χ1v) is 10.4. The summed E-state index contributed by atoms with van der Waals surface area (Å²) in [6.07, 6.45) is 1.15. The van der Waals surface area contributed by atoms with Crippen molar-refractivity contribution in [2.75, 3.05) is 6.61 Å². The van der Waals surface area contributed by atoms with Crippen molar-refractivity contribution in [2.45, 2.75) is 29.8 Å². The third kappa shape index (κ3) is 3.90. The van der Waals surface area contributed by atoms with Gasteiger partial charge in [0.05, 0.1) is 17.5 Å². The van der Waals surface area contributed by atoms with Crippen LogP contribution in [0.15, 0.2) is 52.4 Å². The highest BCUT2D eigenvalue weighted by Gasteiger charge is 2.29. The lowest BCUT2D eigenvalue weighted by atomic mass is 10.1. The quantitative estimate of drug-likeness (QED) is 0.441. The summed E-state index contributed by atoms with van der Waals surface area (Å²) in [6, 6.07) is 12.5. The molecule has 0 spiro atoms. The molecule has 144 valence electrons. The molecule has 2 aromatic carbocycles. The van der Waals surface area contributed by atoms with Crippen molar-refractivity contribution in [1.82, 2.24) is 9.55 Å². The third-order valence-electron chi connectivity index (χ3n) is 4.58. The van der Waals surface area contributed by atoms with Crippen molar-refractivity contribution >= 4 is 51.8 Å². The normalized spacial score (nSPS) is 16.5. The number of rotatable bonds is 5. The van der Waals surface area contributed by atoms with Crippen LogP contribution in [-0.2, 0) is 22.5 Å². The fraction of sp³-hybridized carbons (Fsp3) is 0.250. The zero-order valence-electron chi connectivity index (χ0n) is 14.7. The molecule has 0 aliphatic carbocycles. The Labute approximate surface area is 175 Å². The molecule has 1 aliphatic heterocycles. The Morgan fingerprint density at radius 1 is 1.18 bits per heavy atom. The first kappa shape index (κ1) is 19.3. The Balaban J connectivity index is 1.71. The molecule has 3 aromatic rings. The standard InChI is InChI=1S/C20H16Cl2N2O3S/c21-13-6-5-12(15(22)11-13)7-9-24-18(25)14-3-1-2-4-16(14)23-20(24)28-17-8-10-27-19(17)26/h1-6,11,17H,7-10H2/t17-/m0/s1. The van der Waals surface area contributed by atoms with E-state index in [-0.39, 0.29) is 16.8 Å². The summed E-state index contributed by atoms with van der Waals surface area (Å²) in [5.41, 5.74) is 1.37. The van der Waals surface area contributed by atoms with Gasteiger partial charge in [-0.1, -0.05) is 53.2 Å². The van der Waals surface area contributed by atoms with Gasteiger partial charge in [0.25, 0.3) is 5.56 Å². The van der Waals surface area contributed by atoms with Crippen LogP contribution in [0.3, 0.4) is 0 Å². The van der Waals surface area contributed by atoms with E-state index in [1.165, 1.54) is 11.8 Å². The van der Waals surface area contributed by atoms with E-state index in [0.29, 0.717) is 52.1 Å². The minimum atomic E-state index is -0.349. The monoisotopic (exact) mass is 434 g/mol. The van der Waals surface area contributed by atoms with Gasteiger partial charge in [-0.2, -0.15) is 0 Å². The number of hydrogen-bond donors (Lipinski definition) is 0. The van der Waals surface area contributed by atoms with Crippen molar-refractivity contribution in [2.24, 2.45) is 0 Å². The smallest absolute Gasteiger partial charge is 0.319 e. The predicted octanol–water partition coefficient (Wildman–Crippen LogP) is 4.35. The molecule has 0 amide bonds. The molecule has 5 nitrogen and oxygen atoms in total. The second-order valence-electron chi connectivity index (χ2n) is 6.42. The maximum atomic E-state index is 13.1. The van der Waals surface area contributed by atoms with Crippen molar-refractivity contribution in [3.8, 4) is 0 Å². The SMILES string of the molecule is O=C1OCC[C@@H]1Sc1nc2ccccc2c(=O)n1CCc1ccc(Cl)cc1Cl. The molecule has 8 heteroatoms. The number of para-hydroxylation sites is 1. The number of benzene rings is 2. The molecule has 4 rings (SSSR count). The molecule has 28 heavy (non-hydrogen) atoms. The number of aryl methyl sites for hydroxylation is 1. The topological polar surface area (TPSA) is 61.2 Å². The Hall–Kier alpha value is -2.02. The van der Waals surface area contributed by atoms with Gasteiger partial charge in [0, 0.05) is 23.0 Å². The highest BCUT2D eigenvalue weighted by Crippen LogP contribution is 2.29. The van der Waals surface area contributed by atoms with Crippen molar-refractivity contribution < 1.29 is 9.53 Å². The van der Waals surface area contributed by atoms with Gasteiger partial charge in [-0.3, -0.25) is 14.2 Å². The maximum absolute atomic E-state index is 13.1. The van der Waals surface area contributed by atoms with Crippen LogP contribution in [0.1, 0.15) is 12.0 Å². The zero-order chi connectivity index (χ0) is 19.7. The maximum Gasteiger partial charge on any atom is 0.319 e. The highest BCUT2D eigenvalue weighted by atomic mass is 35.5. The Kier molecular flexibility index (Phi) is 5.62. The van der Waals surface area contributed by atoms with Crippen LogP contribution in [0.25, 0.3) is 10.9 Å². The Morgan fingerprint density at radius 3 is 2.75 bits per heavy atom. The number of aromatic nitrogens is 2. The van der Waals surface area contributed by atoms with Gasteiger partial charge in [-0.25, -0.2) is 4.98 Å². The fourth-order valence-electron chi connectivity index (χ4n) is 3.10. The first-order valence-electron chi connectivity index (χ1n) is 8.80. The van der Waals surface area contributed by atoms with Crippen LogP contribution in [-0.4, -0.2) is 27.4 Å². The number of halogens is 2. The van der Waals surface area contributed by atoms with Crippen LogP contribution in [0, 0.1) is 0 Å². The van der Waals surface area contributed by atoms with Gasteiger partial charge >= 0.3 is 5.97 Å². The number of carbonyl (C=O) groups is 1. The van der Waals surface area contributed by atoms with Gasteiger partial charge in [0.1, 0.15) is 5.25 Å². The van der Waals surface area contributed by atoms with Crippen molar-refractivity contribution in [3.63, 3.8) is 0 Å². The predicted molar refractivity (Wildman–Crippen MR) is 111 cm³/mol. The second-order valence-corrected chi connectivity index (χ2v) is 8.43. The van der Waals surface area contributed by atoms with Gasteiger partial charge in [-0.05, 0) is 36.2 Å².